The van der Waals surface area contributed by atoms with Crippen LogP contribution in [0.4, 0.5) is 9.52 Å². The Bertz CT molecular complexity index is 1140. The summed E-state index contributed by atoms with van der Waals surface area (Å²) >= 11 is 4.73. The van der Waals surface area contributed by atoms with Crippen LogP contribution in [0.2, 0.25) is 0 Å². The molecule has 0 aliphatic carbocycles. The molecule has 0 aliphatic heterocycles. The molecule has 27 heavy (non-hydrogen) atoms. The van der Waals surface area contributed by atoms with Crippen molar-refractivity contribution in [3.63, 3.8) is 0 Å². The topological polar surface area (TPSA) is 58.7 Å². The fraction of sp³-hybridized carbons (Fsp3) is 0. The molecule has 0 saturated carbocycles. The fourth-order valence-corrected chi connectivity index (χ4v) is 3.86. The van der Waals surface area contributed by atoms with E-state index in [4.69, 9.17) is 4.42 Å². The quantitative estimate of drug-likeness (QED) is 0.310. The molecule has 8 heteroatoms. The lowest BCUT2D eigenvalue weighted by Crippen LogP contribution is -2.25. The van der Waals surface area contributed by atoms with Crippen molar-refractivity contribution in [2.45, 2.75) is 0 Å². The van der Waals surface area contributed by atoms with Crippen molar-refractivity contribution < 1.29 is 13.6 Å². The molecule has 0 saturated heterocycles. The molecule has 5 nitrogen and oxygen atoms in total. The molecule has 2 aromatic heterocycles. The molecular weight excluding hydrogens is 433 g/mol. The molecule has 0 fully saturated rings. The maximum Gasteiger partial charge on any atom is 0.280 e. The maximum atomic E-state index is 13.6. The van der Waals surface area contributed by atoms with E-state index < -0.39 is 11.7 Å². The van der Waals surface area contributed by atoms with Crippen LogP contribution in [-0.2, 0) is 0 Å². The Labute approximate surface area is 165 Å². The number of hydrogen-bond donors (Lipinski definition) is 0. The van der Waals surface area contributed by atoms with Crippen LogP contribution in [0.25, 0.3) is 10.2 Å². The number of furan rings is 1. The van der Waals surface area contributed by atoms with E-state index in [0.717, 1.165) is 19.7 Å². The van der Waals surface area contributed by atoms with Gasteiger partial charge < -0.3 is 4.42 Å². The molecule has 2 heterocycles. The van der Waals surface area contributed by atoms with Crippen LogP contribution in [0.5, 0.6) is 0 Å². The van der Waals surface area contributed by atoms with Gasteiger partial charge in [-0.3, -0.25) is 4.79 Å². The summed E-state index contributed by atoms with van der Waals surface area (Å²) < 4.78 is 20.6. The number of anilines is 1. The Kier molecular flexibility index (Phi) is 4.83. The number of hydrogen-bond acceptors (Lipinski definition) is 5. The highest BCUT2D eigenvalue weighted by Crippen LogP contribution is 2.32. The van der Waals surface area contributed by atoms with Gasteiger partial charge in [-0.05, 0) is 48.5 Å². The van der Waals surface area contributed by atoms with Gasteiger partial charge >= 0.3 is 0 Å². The van der Waals surface area contributed by atoms with Crippen molar-refractivity contribution in [1.29, 1.82) is 0 Å². The Morgan fingerprint density at radius 3 is 2.89 bits per heavy atom. The fourth-order valence-electron chi connectivity index (χ4n) is 2.39. The second kappa shape index (κ2) is 7.42. The molecule has 4 rings (SSSR count). The third-order valence-corrected chi connectivity index (χ3v) is 5.11. The van der Waals surface area contributed by atoms with Crippen molar-refractivity contribution in [3.8, 4) is 0 Å². The number of halogens is 2. The van der Waals surface area contributed by atoms with E-state index in [2.05, 4.69) is 26.0 Å². The lowest BCUT2D eigenvalue weighted by Gasteiger charge is -2.13. The van der Waals surface area contributed by atoms with E-state index in [9.17, 15) is 9.18 Å². The number of benzene rings is 2. The first-order valence-electron chi connectivity index (χ1n) is 7.84. The molecule has 0 N–H and O–H groups in total. The molecule has 0 atom stereocenters. The number of thiazole rings is 1. The summed E-state index contributed by atoms with van der Waals surface area (Å²) in [4.78, 5) is 17.5. The van der Waals surface area contributed by atoms with Crippen molar-refractivity contribution in [2.24, 2.45) is 5.10 Å². The van der Waals surface area contributed by atoms with Gasteiger partial charge in [-0.1, -0.05) is 33.3 Å². The zero-order chi connectivity index (χ0) is 18.8. The third kappa shape index (κ3) is 3.81. The molecule has 0 bridgehead atoms. The van der Waals surface area contributed by atoms with E-state index in [1.165, 1.54) is 48.1 Å². The van der Waals surface area contributed by atoms with Crippen molar-refractivity contribution in [1.82, 2.24) is 4.98 Å². The maximum absolute atomic E-state index is 13.6. The van der Waals surface area contributed by atoms with Gasteiger partial charge in [-0.15, -0.1) is 0 Å². The Morgan fingerprint density at radius 2 is 2.11 bits per heavy atom. The van der Waals surface area contributed by atoms with Crippen molar-refractivity contribution in [3.05, 3.63) is 82.5 Å². The van der Waals surface area contributed by atoms with E-state index in [1.807, 2.05) is 18.2 Å². The highest BCUT2D eigenvalue weighted by Gasteiger charge is 2.21. The van der Waals surface area contributed by atoms with Crippen LogP contribution < -0.4 is 5.01 Å². The predicted octanol–water partition coefficient (Wildman–Crippen LogP) is 5.47. The van der Waals surface area contributed by atoms with Crippen LogP contribution in [0.3, 0.4) is 0 Å². The molecule has 0 aliphatic rings. The number of carbonyl (C=O) groups excluding carboxylic acids is 1. The van der Waals surface area contributed by atoms with Gasteiger partial charge in [0.25, 0.3) is 5.91 Å². The van der Waals surface area contributed by atoms with Crippen LogP contribution in [-0.4, -0.2) is 17.1 Å². The Balaban J connectivity index is 1.77. The highest BCUT2D eigenvalue weighted by molar-refractivity contribution is 9.10. The SMILES string of the molecule is O=C(c1cccc(F)c1)N(/N=C/c1ccco1)c1nc2ccc(Br)cc2s1. The van der Waals surface area contributed by atoms with Crippen LogP contribution >= 0.6 is 27.3 Å². The van der Waals surface area contributed by atoms with Gasteiger partial charge in [0.15, 0.2) is 0 Å². The average molecular weight is 444 g/mol. The normalized spacial score (nSPS) is 11.3. The van der Waals surface area contributed by atoms with E-state index >= 15 is 0 Å². The molecule has 2 aromatic carbocycles. The summed E-state index contributed by atoms with van der Waals surface area (Å²) in [6.45, 7) is 0. The summed E-state index contributed by atoms with van der Waals surface area (Å²) in [6, 6.07) is 14.5. The summed E-state index contributed by atoms with van der Waals surface area (Å²) in [5.74, 6) is -0.504. The van der Waals surface area contributed by atoms with Crippen LogP contribution in [0.1, 0.15) is 16.1 Å². The third-order valence-electron chi connectivity index (χ3n) is 3.63. The molecule has 0 spiro atoms. The lowest BCUT2D eigenvalue weighted by molar-refractivity contribution is 0.0987. The number of amides is 1. The first-order valence-corrected chi connectivity index (χ1v) is 9.45. The highest BCUT2D eigenvalue weighted by atomic mass is 79.9. The number of carbonyl (C=O) groups is 1. The standard InChI is InChI=1S/C19H11BrFN3O2S/c20-13-6-7-16-17(10-13)27-19(23-16)24(22-11-15-5-2-8-26-15)18(25)12-3-1-4-14(21)9-12/h1-11H/b22-11+. The molecular formula is C19H11BrFN3O2S. The molecule has 4 aromatic rings. The van der Waals surface area contributed by atoms with Crippen molar-refractivity contribution in [2.75, 3.05) is 5.01 Å². The van der Waals surface area contributed by atoms with Gasteiger partial charge in [0, 0.05) is 10.0 Å². The van der Waals surface area contributed by atoms with Gasteiger partial charge in [0.05, 0.1) is 22.7 Å². The summed E-state index contributed by atoms with van der Waals surface area (Å²) in [6.07, 6.45) is 2.93. The first kappa shape index (κ1) is 17.6. The molecule has 1 amide bonds. The van der Waals surface area contributed by atoms with E-state index in [0.29, 0.717) is 10.9 Å². The second-order valence-corrected chi connectivity index (χ2v) is 7.42. The van der Waals surface area contributed by atoms with Gasteiger partial charge in [-0.2, -0.15) is 10.1 Å². The minimum absolute atomic E-state index is 0.173. The van der Waals surface area contributed by atoms with Gasteiger partial charge in [0.1, 0.15) is 11.6 Å². The monoisotopic (exact) mass is 443 g/mol. The predicted molar refractivity (Wildman–Crippen MR) is 107 cm³/mol. The number of nitrogens with zero attached hydrogens (tertiary/aromatic N) is 3. The lowest BCUT2D eigenvalue weighted by atomic mass is 10.2. The van der Waals surface area contributed by atoms with Gasteiger partial charge in [-0.25, -0.2) is 9.37 Å². The summed E-state index contributed by atoms with van der Waals surface area (Å²) in [5.41, 5.74) is 0.912. The minimum atomic E-state index is -0.496. The van der Waals surface area contributed by atoms with E-state index in [1.54, 1.807) is 12.1 Å². The Hall–Kier alpha value is -2.84. The van der Waals surface area contributed by atoms with Crippen LogP contribution in [0.15, 0.2) is 74.9 Å². The minimum Gasteiger partial charge on any atom is -0.463 e. The van der Waals surface area contributed by atoms with Crippen molar-refractivity contribution >= 4 is 54.7 Å². The molecule has 134 valence electrons. The summed E-state index contributed by atoms with van der Waals surface area (Å²) in [5, 5.41) is 5.76. The zero-order valence-corrected chi connectivity index (χ0v) is 16.1. The molecule has 0 radical (unpaired) electrons. The van der Waals surface area contributed by atoms with Gasteiger partial charge in [0.2, 0.25) is 5.13 Å². The number of rotatable bonds is 4. The number of fused-ring (bicyclic) bond motifs is 1. The number of aromatic nitrogens is 1. The smallest absolute Gasteiger partial charge is 0.280 e. The summed E-state index contributed by atoms with van der Waals surface area (Å²) in [7, 11) is 0. The van der Waals surface area contributed by atoms with Crippen LogP contribution in [0, 0.1) is 5.82 Å². The second-order valence-electron chi connectivity index (χ2n) is 5.50. The first-order chi connectivity index (χ1) is 13.1. The average Bonchev–Trinajstić information content (AvgIpc) is 3.31. The molecule has 0 unspecified atom stereocenters. The largest absolute Gasteiger partial charge is 0.463 e. The number of hydrazone groups is 1. The van der Waals surface area contributed by atoms with E-state index in [-0.39, 0.29) is 5.56 Å². The zero-order valence-electron chi connectivity index (χ0n) is 13.7. The Morgan fingerprint density at radius 1 is 1.22 bits per heavy atom.